The SMILES string of the molecule is O=C1CC[C@H]2C(c3ccc(O)cc3)Oc3ccc(O)cc3[C@H]2C1. The molecule has 1 fully saturated rings. The number of carbonyl (C=O) groups excluding carboxylic acids is 1. The Balaban J connectivity index is 1.78. The van der Waals surface area contributed by atoms with Gasteiger partial charge in [0.15, 0.2) is 0 Å². The van der Waals surface area contributed by atoms with Crippen LogP contribution in [0.25, 0.3) is 0 Å². The van der Waals surface area contributed by atoms with E-state index >= 15 is 0 Å². The fraction of sp³-hybridized carbons (Fsp3) is 0.316. The summed E-state index contributed by atoms with van der Waals surface area (Å²) < 4.78 is 6.21. The molecule has 2 N–H and O–H groups in total. The molecule has 1 unspecified atom stereocenters. The molecule has 4 heteroatoms. The van der Waals surface area contributed by atoms with Crippen LogP contribution in [-0.2, 0) is 4.79 Å². The molecule has 2 aromatic carbocycles. The smallest absolute Gasteiger partial charge is 0.133 e. The molecular weight excluding hydrogens is 292 g/mol. The van der Waals surface area contributed by atoms with Gasteiger partial charge in [-0.25, -0.2) is 0 Å². The molecule has 1 aliphatic carbocycles. The second-order valence-electron chi connectivity index (χ2n) is 6.40. The number of benzene rings is 2. The third-order valence-electron chi connectivity index (χ3n) is 4.98. The van der Waals surface area contributed by atoms with E-state index in [1.54, 1.807) is 30.3 Å². The number of fused-ring (bicyclic) bond motifs is 3. The molecule has 0 saturated heterocycles. The first-order valence-electron chi connectivity index (χ1n) is 7.92. The topological polar surface area (TPSA) is 66.8 Å². The maximum Gasteiger partial charge on any atom is 0.133 e. The lowest BCUT2D eigenvalue weighted by Crippen LogP contribution is -2.34. The van der Waals surface area contributed by atoms with E-state index in [2.05, 4.69) is 0 Å². The van der Waals surface area contributed by atoms with Crippen molar-refractivity contribution in [3.05, 3.63) is 53.6 Å². The summed E-state index contributed by atoms with van der Waals surface area (Å²) in [4.78, 5) is 12.0. The van der Waals surface area contributed by atoms with Crippen LogP contribution in [0.1, 0.15) is 42.4 Å². The zero-order chi connectivity index (χ0) is 16.0. The molecule has 0 bridgehead atoms. The summed E-state index contributed by atoms with van der Waals surface area (Å²) in [5.41, 5.74) is 1.93. The van der Waals surface area contributed by atoms with E-state index in [-0.39, 0.29) is 35.2 Å². The standard InChI is InChI=1S/C19H18O4/c20-12-3-1-11(2-4-12)19-15-7-5-13(21)9-16(15)17-10-14(22)6-8-18(17)23-19/h1-4,6,8,10,15-16,19-20,22H,5,7,9H2/t15-,16+,19?/m1/s1. The van der Waals surface area contributed by atoms with Crippen LogP contribution in [0.3, 0.4) is 0 Å². The normalized spacial score (nSPS) is 26.1. The summed E-state index contributed by atoms with van der Waals surface area (Å²) in [6.07, 6.45) is 1.72. The van der Waals surface area contributed by atoms with Crippen molar-refractivity contribution in [2.75, 3.05) is 0 Å². The highest BCUT2D eigenvalue weighted by Gasteiger charge is 2.42. The van der Waals surface area contributed by atoms with Crippen LogP contribution >= 0.6 is 0 Å². The Hall–Kier alpha value is -2.49. The maximum atomic E-state index is 12.0. The summed E-state index contributed by atoms with van der Waals surface area (Å²) in [6, 6.07) is 12.2. The Labute approximate surface area is 134 Å². The lowest BCUT2D eigenvalue weighted by atomic mass is 9.69. The summed E-state index contributed by atoms with van der Waals surface area (Å²) in [5, 5.41) is 19.3. The van der Waals surface area contributed by atoms with Gasteiger partial charge >= 0.3 is 0 Å². The van der Waals surface area contributed by atoms with Gasteiger partial charge in [-0.1, -0.05) is 12.1 Å². The van der Waals surface area contributed by atoms with E-state index in [9.17, 15) is 15.0 Å². The number of rotatable bonds is 1. The zero-order valence-corrected chi connectivity index (χ0v) is 12.6. The Bertz CT molecular complexity index is 750. The van der Waals surface area contributed by atoms with Crippen LogP contribution in [0.5, 0.6) is 17.2 Å². The molecule has 0 radical (unpaired) electrons. The van der Waals surface area contributed by atoms with E-state index in [0.29, 0.717) is 12.8 Å². The Kier molecular flexibility index (Phi) is 3.26. The predicted molar refractivity (Wildman–Crippen MR) is 84.7 cm³/mol. The molecule has 4 rings (SSSR count). The lowest BCUT2D eigenvalue weighted by Gasteiger charge is -2.42. The number of Topliss-reactive ketones (excluding diaryl/α,β-unsaturated/α-hetero) is 1. The van der Waals surface area contributed by atoms with Crippen molar-refractivity contribution in [3.8, 4) is 17.2 Å². The number of hydrogen-bond acceptors (Lipinski definition) is 4. The monoisotopic (exact) mass is 310 g/mol. The van der Waals surface area contributed by atoms with Gasteiger partial charge in [-0.3, -0.25) is 4.79 Å². The molecule has 3 atom stereocenters. The second-order valence-corrected chi connectivity index (χ2v) is 6.40. The van der Waals surface area contributed by atoms with E-state index in [1.807, 2.05) is 12.1 Å². The highest BCUT2D eigenvalue weighted by atomic mass is 16.5. The number of phenolic OH excluding ortho intramolecular Hbond substituents is 2. The minimum Gasteiger partial charge on any atom is -0.508 e. The Morgan fingerprint density at radius 2 is 1.74 bits per heavy atom. The van der Waals surface area contributed by atoms with Crippen molar-refractivity contribution in [3.63, 3.8) is 0 Å². The average Bonchev–Trinajstić information content (AvgIpc) is 2.55. The molecule has 1 heterocycles. The number of phenols is 2. The highest BCUT2D eigenvalue weighted by molar-refractivity contribution is 5.80. The van der Waals surface area contributed by atoms with Gasteiger partial charge in [0, 0.05) is 30.2 Å². The summed E-state index contributed by atoms with van der Waals surface area (Å²) in [6.45, 7) is 0. The quantitative estimate of drug-likeness (QED) is 0.843. The van der Waals surface area contributed by atoms with Gasteiger partial charge < -0.3 is 14.9 Å². The van der Waals surface area contributed by atoms with Gasteiger partial charge in [0.1, 0.15) is 29.1 Å². The summed E-state index contributed by atoms with van der Waals surface area (Å²) in [5.74, 6) is 1.71. The molecule has 0 spiro atoms. The zero-order valence-electron chi connectivity index (χ0n) is 12.6. The van der Waals surface area contributed by atoms with Gasteiger partial charge in [-0.05, 0) is 42.3 Å². The van der Waals surface area contributed by atoms with Gasteiger partial charge in [-0.2, -0.15) is 0 Å². The molecule has 0 amide bonds. The average molecular weight is 310 g/mol. The molecule has 118 valence electrons. The molecular formula is C19H18O4. The minimum atomic E-state index is -0.134. The van der Waals surface area contributed by atoms with Crippen molar-refractivity contribution >= 4 is 5.78 Å². The lowest BCUT2D eigenvalue weighted by molar-refractivity contribution is -0.122. The molecule has 0 aromatic heterocycles. The number of ether oxygens (including phenoxy) is 1. The fourth-order valence-corrected chi connectivity index (χ4v) is 3.87. The largest absolute Gasteiger partial charge is 0.508 e. The third-order valence-corrected chi connectivity index (χ3v) is 4.98. The van der Waals surface area contributed by atoms with E-state index in [0.717, 1.165) is 23.3 Å². The molecule has 1 aliphatic heterocycles. The van der Waals surface area contributed by atoms with Crippen LogP contribution in [0.4, 0.5) is 0 Å². The first-order valence-corrected chi connectivity index (χ1v) is 7.92. The minimum absolute atomic E-state index is 0.0749. The predicted octanol–water partition coefficient (Wildman–Crippen LogP) is 3.68. The second kappa shape index (κ2) is 5.30. The first kappa shape index (κ1) is 14.1. The van der Waals surface area contributed by atoms with Gasteiger partial charge in [0.05, 0.1) is 0 Å². The van der Waals surface area contributed by atoms with E-state index in [4.69, 9.17) is 4.74 Å². The van der Waals surface area contributed by atoms with Gasteiger partial charge in [0.25, 0.3) is 0 Å². The van der Waals surface area contributed by atoms with Crippen molar-refractivity contribution in [1.82, 2.24) is 0 Å². The Morgan fingerprint density at radius 3 is 2.52 bits per heavy atom. The van der Waals surface area contributed by atoms with Crippen LogP contribution in [0.15, 0.2) is 42.5 Å². The van der Waals surface area contributed by atoms with Crippen molar-refractivity contribution in [1.29, 1.82) is 0 Å². The molecule has 23 heavy (non-hydrogen) atoms. The molecule has 2 aliphatic rings. The third kappa shape index (κ3) is 2.44. The van der Waals surface area contributed by atoms with Crippen molar-refractivity contribution in [2.45, 2.75) is 31.3 Å². The van der Waals surface area contributed by atoms with Gasteiger partial charge in [0.2, 0.25) is 0 Å². The number of aromatic hydroxyl groups is 2. The number of hydrogen-bond donors (Lipinski definition) is 2. The summed E-state index contributed by atoms with van der Waals surface area (Å²) in [7, 11) is 0. The van der Waals surface area contributed by atoms with Gasteiger partial charge in [-0.15, -0.1) is 0 Å². The number of carbonyl (C=O) groups is 1. The first-order chi connectivity index (χ1) is 11.1. The van der Waals surface area contributed by atoms with Crippen LogP contribution in [-0.4, -0.2) is 16.0 Å². The maximum absolute atomic E-state index is 12.0. The summed E-state index contributed by atoms with van der Waals surface area (Å²) >= 11 is 0. The Morgan fingerprint density at radius 1 is 1.00 bits per heavy atom. The van der Waals surface area contributed by atoms with E-state index in [1.165, 1.54) is 0 Å². The highest BCUT2D eigenvalue weighted by Crippen LogP contribution is 2.52. The van der Waals surface area contributed by atoms with Crippen molar-refractivity contribution in [2.24, 2.45) is 5.92 Å². The van der Waals surface area contributed by atoms with Crippen LogP contribution in [0, 0.1) is 5.92 Å². The molecule has 2 aromatic rings. The molecule has 4 nitrogen and oxygen atoms in total. The van der Waals surface area contributed by atoms with Crippen molar-refractivity contribution < 1.29 is 19.7 Å². The van der Waals surface area contributed by atoms with E-state index < -0.39 is 0 Å². The van der Waals surface area contributed by atoms with Crippen LogP contribution in [0.2, 0.25) is 0 Å². The van der Waals surface area contributed by atoms with Crippen LogP contribution < -0.4 is 4.74 Å². The fourth-order valence-electron chi connectivity index (χ4n) is 3.87. The number of ketones is 1. The molecule has 1 saturated carbocycles.